The Morgan fingerprint density at radius 3 is 2.57 bits per heavy atom. The number of para-hydroxylation sites is 1. The number of nitrogens with zero attached hydrogens (tertiary/aromatic N) is 3. The van der Waals surface area contributed by atoms with Crippen molar-refractivity contribution in [1.82, 2.24) is 14.7 Å². The summed E-state index contributed by atoms with van der Waals surface area (Å²) in [4.78, 5) is 15.2. The van der Waals surface area contributed by atoms with Crippen LogP contribution in [0.25, 0.3) is 5.69 Å². The Labute approximate surface area is 176 Å². The second-order valence-electron chi connectivity index (χ2n) is 7.70. The maximum atomic E-state index is 13.5. The van der Waals surface area contributed by atoms with Crippen molar-refractivity contribution in [2.24, 2.45) is 0 Å². The summed E-state index contributed by atoms with van der Waals surface area (Å²) in [5, 5.41) is 4.70. The van der Waals surface area contributed by atoms with Crippen LogP contribution in [0.5, 0.6) is 5.75 Å². The zero-order valence-corrected chi connectivity index (χ0v) is 17.6. The fourth-order valence-electron chi connectivity index (χ4n) is 4.13. The molecule has 0 fully saturated rings. The molecule has 0 radical (unpaired) electrons. The SMILES string of the molecule is COc1ccccc1C(C)N(C)C(=O)c1nn(-c2ccc(F)cc2)c2c1CCCC2. The van der Waals surface area contributed by atoms with Crippen LogP contribution < -0.4 is 4.74 Å². The van der Waals surface area contributed by atoms with Gasteiger partial charge in [0.15, 0.2) is 5.69 Å². The lowest BCUT2D eigenvalue weighted by atomic mass is 9.95. The minimum absolute atomic E-state index is 0.118. The zero-order valence-electron chi connectivity index (χ0n) is 17.6. The summed E-state index contributed by atoms with van der Waals surface area (Å²) in [6, 6.07) is 13.8. The Hall–Kier alpha value is -3.15. The van der Waals surface area contributed by atoms with E-state index in [1.54, 1.807) is 31.2 Å². The third kappa shape index (κ3) is 3.58. The van der Waals surface area contributed by atoms with Crippen LogP contribution in [0, 0.1) is 5.82 Å². The summed E-state index contributed by atoms with van der Waals surface area (Å²) in [5.74, 6) is 0.345. The molecule has 0 spiro atoms. The number of ether oxygens (including phenoxy) is 1. The number of hydrogen-bond donors (Lipinski definition) is 0. The molecular weight excluding hydrogens is 381 g/mol. The third-order valence-electron chi connectivity index (χ3n) is 5.94. The van der Waals surface area contributed by atoms with E-state index in [-0.39, 0.29) is 17.8 Å². The Bertz CT molecular complexity index is 1060. The Morgan fingerprint density at radius 1 is 1.13 bits per heavy atom. The van der Waals surface area contributed by atoms with E-state index in [1.165, 1.54) is 12.1 Å². The van der Waals surface area contributed by atoms with Gasteiger partial charge in [-0.1, -0.05) is 18.2 Å². The fraction of sp³-hybridized carbons (Fsp3) is 0.333. The summed E-state index contributed by atoms with van der Waals surface area (Å²) >= 11 is 0. The van der Waals surface area contributed by atoms with E-state index in [1.807, 2.05) is 35.9 Å². The van der Waals surface area contributed by atoms with Crippen molar-refractivity contribution in [3.05, 3.63) is 76.9 Å². The molecule has 0 bridgehead atoms. The van der Waals surface area contributed by atoms with Gasteiger partial charge in [-0.3, -0.25) is 4.79 Å². The molecule has 1 aliphatic rings. The number of carbonyl (C=O) groups excluding carboxylic acids is 1. The Balaban J connectivity index is 1.71. The van der Waals surface area contributed by atoms with Gasteiger partial charge in [0, 0.05) is 23.9 Å². The highest BCUT2D eigenvalue weighted by molar-refractivity contribution is 5.94. The molecule has 1 unspecified atom stereocenters. The number of rotatable bonds is 5. The van der Waals surface area contributed by atoms with Crippen molar-refractivity contribution < 1.29 is 13.9 Å². The minimum Gasteiger partial charge on any atom is -0.496 e. The number of carbonyl (C=O) groups is 1. The van der Waals surface area contributed by atoms with Crippen molar-refractivity contribution in [3.63, 3.8) is 0 Å². The molecule has 1 aromatic heterocycles. The van der Waals surface area contributed by atoms with E-state index in [9.17, 15) is 9.18 Å². The predicted octanol–water partition coefficient (Wildman–Crippen LogP) is 4.73. The van der Waals surface area contributed by atoms with Crippen molar-refractivity contribution in [2.45, 2.75) is 38.6 Å². The van der Waals surface area contributed by atoms with E-state index < -0.39 is 0 Å². The second kappa shape index (κ2) is 8.30. The van der Waals surface area contributed by atoms with Crippen molar-refractivity contribution in [2.75, 3.05) is 14.2 Å². The van der Waals surface area contributed by atoms with Crippen LogP contribution in [0.2, 0.25) is 0 Å². The summed E-state index contributed by atoms with van der Waals surface area (Å²) in [6.45, 7) is 1.99. The summed E-state index contributed by atoms with van der Waals surface area (Å²) in [7, 11) is 3.43. The largest absolute Gasteiger partial charge is 0.496 e. The molecule has 3 aromatic rings. The molecule has 0 N–H and O–H groups in total. The zero-order chi connectivity index (χ0) is 21.3. The molecule has 1 atom stereocenters. The predicted molar refractivity (Wildman–Crippen MR) is 114 cm³/mol. The molecule has 1 amide bonds. The van der Waals surface area contributed by atoms with Gasteiger partial charge in [0.05, 0.1) is 18.8 Å². The average molecular weight is 407 g/mol. The quantitative estimate of drug-likeness (QED) is 0.614. The summed E-state index contributed by atoms with van der Waals surface area (Å²) in [5.41, 5.74) is 4.26. The van der Waals surface area contributed by atoms with Gasteiger partial charge in [-0.25, -0.2) is 9.07 Å². The first-order chi connectivity index (χ1) is 14.5. The highest BCUT2D eigenvalue weighted by Crippen LogP contribution is 2.32. The summed E-state index contributed by atoms with van der Waals surface area (Å²) in [6.07, 6.45) is 3.78. The van der Waals surface area contributed by atoms with Crippen molar-refractivity contribution in [1.29, 1.82) is 0 Å². The molecule has 5 nitrogen and oxygen atoms in total. The van der Waals surface area contributed by atoms with E-state index in [0.29, 0.717) is 5.69 Å². The first-order valence-corrected chi connectivity index (χ1v) is 10.3. The van der Waals surface area contributed by atoms with E-state index in [0.717, 1.165) is 53.9 Å². The molecule has 2 aromatic carbocycles. The Kier molecular flexibility index (Phi) is 5.57. The molecule has 0 saturated carbocycles. The number of halogens is 1. The topological polar surface area (TPSA) is 47.4 Å². The van der Waals surface area contributed by atoms with Crippen LogP contribution >= 0.6 is 0 Å². The van der Waals surface area contributed by atoms with Crippen LogP contribution in [0.1, 0.15) is 53.1 Å². The number of amides is 1. The number of aromatic nitrogens is 2. The van der Waals surface area contributed by atoms with Crippen LogP contribution in [0.15, 0.2) is 48.5 Å². The van der Waals surface area contributed by atoms with Crippen LogP contribution in [-0.4, -0.2) is 34.7 Å². The summed E-state index contributed by atoms with van der Waals surface area (Å²) < 4.78 is 20.7. The molecule has 1 aliphatic carbocycles. The highest BCUT2D eigenvalue weighted by atomic mass is 19.1. The lowest BCUT2D eigenvalue weighted by Crippen LogP contribution is -2.31. The van der Waals surface area contributed by atoms with Crippen molar-refractivity contribution in [3.8, 4) is 11.4 Å². The molecule has 30 heavy (non-hydrogen) atoms. The van der Waals surface area contributed by atoms with Gasteiger partial charge in [0.25, 0.3) is 5.91 Å². The van der Waals surface area contributed by atoms with Gasteiger partial charge < -0.3 is 9.64 Å². The number of methoxy groups -OCH3 is 1. The van der Waals surface area contributed by atoms with Gasteiger partial charge in [-0.15, -0.1) is 0 Å². The molecule has 6 heteroatoms. The number of benzene rings is 2. The number of fused-ring (bicyclic) bond motifs is 1. The average Bonchev–Trinajstić information content (AvgIpc) is 3.17. The molecule has 0 aliphatic heterocycles. The molecule has 4 rings (SSSR count). The normalized spacial score (nSPS) is 14.1. The number of hydrogen-bond acceptors (Lipinski definition) is 3. The van der Waals surface area contributed by atoms with Crippen LogP contribution in [0.4, 0.5) is 4.39 Å². The standard InChI is InChI=1S/C24H26FN3O2/c1-16(19-8-5-7-11-22(19)30-3)27(2)24(29)23-20-9-4-6-10-21(20)28(26-23)18-14-12-17(25)13-15-18/h5,7-8,11-16H,4,6,9-10H2,1-3H3. The van der Waals surface area contributed by atoms with Gasteiger partial charge in [0.2, 0.25) is 0 Å². The fourth-order valence-corrected chi connectivity index (χ4v) is 4.13. The van der Waals surface area contributed by atoms with Gasteiger partial charge >= 0.3 is 0 Å². The first-order valence-electron chi connectivity index (χ1n) is 10.3. The maximum absolute atomic E-state index is 13.5. The second-order valence-corrected chi connectivity index (χ2v) is 7.70. The molecule has 156 valence electrons. The van der Waals surface area contributed by atoms with Crippen LogP contribution in [0.3, 0.4) is 0 Å². The lowest BCUT2D eigenvalue weighted by molar-refractivity contribution is 0.0733. The van der Waals surface area contributed by atoms with E-state index >= 15 is 0 Å². The smallest absolute Gasteiger partial charge is 0.274 e. The first kappa shape index (κ1) is 20.1. The molecule has 1 heterocycles. The third-order valence-corrected chi connectivity index (χ3v) is 5.94. The minimum atomic E-state index is -0.290. The van der Waals surface area contributed by atoms with E-state index in [2.05, 4.69) is 0 Å². The Morgan fingerprint density at radius 2 is 1.83 bits per heavy atom. The van der Waals surface area contributed by atoms with Crippen molar-refractivity contribution >= 4 is 5.91 Å². The maximum Gasteiger partial charge on any atom is 0.274 e. The molecular formula is C24H26FN3O2. The van der Waals surface area contributed by atoms with Crippen LogP contribution in [-0.2, 0) is 12.8 Å². The van der Waals surface area contributed by atoms with E-state index in [4.69, 9.17) is 9.84 Å². The lowest BCUT2D eigenvalue weighted by Gasteiger charge is -2.26. The highest BCUT2D eigenvalue weighted by Gasteiger charge is 2.30. The van der Waals surface area contributed by atoms with Gasteiger partial charge in [-0.2, -0.15) is 5.10 Å². The monoisotopic (exact) mass is 407 g/mol. The van der Waals surface area contributed by atoms with Gasteiger partial charge in [0.1, 0.15) is 11.6 Å². The molecule has 0 saturated heterocycles. The van der Waals surface area contributed by atoms with Gasteiger partial charge in [-0.05, 0) is 62.9 Å².